The Balaban J connectivity index is 1.54. The van der Waals surface area contributed by atoms with Crippen LogP contribution >= 0.6 is 0 Å². The van der Waals surface area contributed by atoms with E-state index in [1.807, 2.05) is 6.07 Å². The summed E-state index contributed by atoms with van der Waals surface area (Å²) in [6, 6.07) is 15.2. The molecule has 0 N–H and O–H groups in total. The number of hydrogen-bond acceptors (Lipinski definition) is 4. The number of carbonyl (C=O) groups is 3. The first-order valence-corrected chi connectivity index (χ1v) is 9.19. The second-order valence-corrected chi connectivity index (χ2v) is 6.91. The van der Waals surface area contributed by atoms with Gasteiger partial charge in [0, 0.05) is 24.2 Å². The molecule has 1 saturated heterocycles. The van der Waals surface area contributed by atoms with E-state index in [0.29, 0.717) is 35.7 Å². The normalized spacial score (nSPS) is 14.6. The fraction of sp³-hybridized carbons (Fsp3) is 0.318. The van der Waals surface area contributed by atoms with Gasteiger partial charge in [-0.3, -0.25) is 9.59 Å². The Bertz CT molecular complexity index is 806. The van der Waals surface area contributed by atoms with Gasteiger partial charge in [-0.25, -0.2) is 4.79 Å². The number of hydrogen-bond donors (Lipinski definition) is 0. The van der Waals surface area contributed by atoms with Crippen molar-refractivity contribution < 1.29 is 19.1 Å². The Kier molecular flexibility index (Phi) is 6.01. The number of esters is 1. The van der Waals surface area contributed by atoms with Crippen LogP contribution in [0.3, 0.4) is 0 Å². The van der Waals surface area contributed by atoms with E-state index in [4.69, 9.17) is 4.74 Å². The summed E-state index contributed by atoms with van der Waals surface area (Å²) in [6.07, 6.45) is 1.97. The maximum absolute atomic E-state index is 12.4. The van der Waals surface area contributed by atoms with Crippen molar-refractivity contribution >= 4 is 17.7 Å². The van der Waals surface area contributed by atoms with Gasteiger partial charge in [0.1, 0.15) is 0 Å². The van der Waals surface area contributed by atoms with Crippen molar-refractivity contribution in [2.24, 2.45) is 5.92 Å². The van der Waals surface area contributed by atoms with Crippen LogP contribution in [0, 0.1) is 5.92 Å². The predicted octanol–water partition coefficient (Wildman–Crippen LogP) is 3.33. The number of piperidine rings is 1. The molecule has 0 aliphatic carbocycles. The van der Waals surface area contributed by atoms with Gasteiger partial charge in [-0.1, -0.05) is 49.4 Å². The average molecular weight is 365 g/mol. The van der Waals surface area contributed by atoms with Crippen LogP contribution in [0.25, 0.3) is 0 Å². The van der Waals surface area contributed by atoms with Crippen LogP contribution in [0.5, 0.6) is 0 Å². The van der Waals surface area contributed by atoms with E-state index in [0.717, 1.165) is 12.8 Å². The standard InChI is InChI=1S/C22H23NO4/c1-16-11-13-23(14-12-16)20(24)15-27-22(26)19-9-7-18(8-10-19)21(25)17-5-3-2-4-6-17/h2-10,16H,11-15H2,1H3. The summed E-state index contributed by atoms with van der Waals surface area (Å²) in [4.78, 5) is 38.4. The van der Waals surface area contributed by atoms with Crippen LogP contribution in [-0.2, 0) is 9.53 Å². The van der Waals surface area contributed by atoms with Crippen molar-refractivity contribution in [3.05, 3.63) is 71.3 Å². The van der Waals surface area contributed by atoms with Crippen molar-refractivity contribution in [1.82, 2.24) is 4.90 Å². The molecule has 1 aliphatic rings. The van der Waals surface area contributed by atoms with Gasteiger partial charge < -0.3 is 9.64 Å². The number of ketones is 1. The lowest BCUT2D eigenvalue weighted by atomic mass is 9.99. The highest BCUT2D eigenvalue weighted by Gasteiger charge is 2.21. The fourth-order valence-corrected chi connectivity index (χ4v) is 3.07. The third kappa shape index (κ3) is 4.82. The van der Waals surface area contributed by atoms with Crippen molar-refractivity contribution in [2.45, 2.75) is 19.8 Å². The second-order valence-electron chi connectivity index (χ2n) is 6.91. The molecular formula is C22H23NO4. The van der Waals surface area contributed by atoms with E-state index in [1.165, 1.54) is 0 Å². The van der Waals surface area contributed by atoms with Crippen LogP contribution in [0.1, 0.15) is 46.0 Å². The number of nitrogens with zero attached hydrogens (tertiary/aromatic N) is 1. The van der Waals surface area contributed by atoms with E-state index < -0.39 is 5.97 Å². The molecule has 0 bridgehead atoms. The number of carbonyl (C=O) groups excluding carboxylic acids is 3. The fourth-order valence-electron chi connectivity index (χ4n) is 3.07. The Labute approximate surface area is 158 Å². The molecule has 0 spiro atoms. The van der Waals surface area contributed by atoms with Crippen molar-refractivity contribution in [3.63, 3.8) is 0 Å². The van der Waals surface area contributed by atoms with Crippen LogP contribution in [0.4, 0.5) is 0 Å². The highest BCUT2D eigenvalue weighted by molar-refractivity contribution is 6.09. The minimum absolute atomic E-state index is 0.106. The molecule has 0 aromatic heterocycles. The number of ether oxygens (including phenoxy) is 1. The molecule has 2 aromatic carbocycles. The van der Waals surface area contributed by atoms with Gasteiger partial charge in [0.2, 0.25) is 0 Å². The third-order valence-electron chi connectivity index (χ3n) is 4.88. The van der Waals surface area contributed by atoms with E-state index in [-0.39, 0.29) is 18.3 Å². The molecule has 140 valence electrons. The van der Waals surface area contributed by atoms with Gasteiger partial charge in [-0.2, -0.15) is 0 Å². The molecule has 5 nitrogen and oxygen atoms in total. The van der Waals surface area contributed by atoms with Gasteiger partial charge >= 0.3 is 5.97 Å². The van der Waals surface area contributed by atoms with E-state index >= 15 is 0 Å². The zero-order valence-corrected chi connectivity index (χ0v) is 15.4. The molecule has 0 atom stereocenters. The molecule has 0 unspecified atom stereocenters. The number of amides is 1. The largest absolute Gasteiger partial charge is 0.452 e. The molecule has 3 rings (SSSR count). The molecule has 1 aliphatic heterocycles. The summed E-state index contributed by atoms with van der Waals surface area (Å²) in [5.74, 6) is -0.197. The Hall–Kier alpha value is -2.95. The number of rotatable bonds is 5. The van der Waals surface area contributed by atoms with Gasteiger partial charge in [-0.05, 0) is 30.9 Å². The molecule has 1 heterocycles. The first kappa shape index (κ1) is 18.8. The Morgan fingerprint density at radius 2 is 1.44 bits per heavy atom. The van der Waals surface area contributed by atoms with E-state index in [2.05, 4.69) is 6.92 Å². The molecule has 0 saturated carbocycles. The topological polar surface area (TPSA) is 63.7 Å². The van der Waals surface area contributed by atoms with Crippen LogP contribution in [-0.4, -0.2) is 42.3 Å². The van der Waals surface area contributed by atoms with E-state index in [9.17, 15) is 14.4 Å². The number of benzene rings is 2. The maximum Gasteiger partial charge on any atom is 0.338 e. The summed E-state index contributed by atoms with van der Waals surface area (Å²) >= 11 is 0. The highest BCUT2D eigenvalue weighted by Crippen LogP contribution is 2.16. The predicted molar refractivity (Wildman–Crippen MR) is 102 cm³/mol. The molecular weight excluding hydrogens is 342 g/mol. The Morgan fingerprint density at radius 1 is 0.889 bits per heavy atom. The van der Waals surface area contributed by atoms with Crippen LogP contribution in [0.2, 0.25) is 0 Å². The zero-order valence-electron chi connectivity index (χ0n) is 15.4. The lowest BCUT2D eigenvalue weighted by Gasteiger charge is -2.30. The van der Waals surface area contributed by atoms with E-state index in [1.54, 1.807) is 53.4 Å². The Morgan fingerprint density at radius 3 is 2.07 bits per heavy atom. The summed E-state index contributed by atoms with van der Waals surface area (Å²) < 4.78 is 5.14. The summed E-state index contributed by atoms with van der Waals surface area (Å²) in [7, 11) is 0. The quantitative estimate of drug-likeness (QED) is 0.602. The summed E-state index contributed by atoms with van der Waals surface area (Å²) in [5, 5.41) is 0. The van der Waals surface area contributed by atoms with Crippen LogP contribution in [0.15, 0.2) is 54.6 Å². The smallest absolute Gasteiger partial charge is 0.338 e. The van der Waals surface area contributed by atoms with Crippen molar-refractivity contribution in [1.29, 1.82) is 0 Å². The molecule has 27 heavy (non-hydrogen) atoms. The minimum Gasteiger partial charge on any atom is -0.452 e. The molecule has 5 heteroatoms. The van der Waals surface area contributed by atoms with Gasteiger partial charge in [0.15, 0.2) is 12.4 Å². The van der Waals surface area contributed by atoms with Gasteiger partial charge in [-0.15, -0.1) is 0 Å². The average Bonchev–Trinajstić information content (AvgIpc) is 2.72. The minimum atomic E-state index is -0.563. The summed E-state index contributed by atoms with van der Waals surface area (Å²) in [5.41, 5.74) is 1.41. The molecule has 1 fully saturated rings. The molecule has 2 aromatic rings. The number of likely N-dealkylation sites (tertiary alicyclic amines) is 1. The van der Waals surface area contributed by atoms with Crippen LogP contribution < -0.4 is 0 Å². The lowest BCUT2D eigenvalue weighted by Crippen LogP contribution is -2.40. The lowest BCUT2D eigenvalue weighted by molar-refractivity contribution is -0.135. The first-order valence-electron chi connectivity index (χ1n) is 9.19. The zero-order chi connectivity index (χ0) is 19.2. The third-order valence-corrected chi connectivity index (χ3v) is 4.88. The first-order chi connectivity index (χ1) is 13.0. The van der Waals surface area contributed by atoms with Gasteiger partial charge in [0.25, 0.3) is 5.91 Å². The summed E-state index contributed by atoms with van der Waals surface area (Å²) in [6.45, 7) is 3.35. The highest BCUT2D eigenvalue weighted by atomic mass is 16.5. The SMILES string of the molecule is CC1CCN(C(=O)COC(=O)c2ccc(C(=O)c3ccccc3)cc2)CC1. The van der Waals surface area contributed by atoms with Crippen molar-refractivity contribution in [2.75, 3.05) is 19.7 Å². The van der Waals surface area contributed by atoms with Gasteiger partial charge in [0.05, 0.1) is 5.56 Å². The maximum atomic E-state index is 12.4. The monoisotopic (exact) mass is 365 g/mol. The molecule has 1 amide bonds. The van der Waals surface area contributed by atoms with Crippen molar-refractivity contribution in [3.8, 4) is 0 Å². The molecule has 0 radical (unpaired) electrons. The second kappa shape index (κ2) is 8.62.